The number of carbonyl (C=O) groups is 2. The van der Waals surface area contributed by atoms with Gasteiger partial charge in [0.25, 0.3) is 0 Å². The third-order valence-corrected chi connectivity index (χ3v) is 6.83. The predicted octanol–water partition coefficient (Wildman–Crippen LogP) is 3.05. The SMILES string of the molecule is CC(=O)c1cccc(S(=O)(=O)NCCC(=O)Nc2nc(-c3ccc4c(c3)OCO4)cs2)c1. The van der Waals surface area contributed by atoms with Crippen LogP contribution >= 0.6 is 11.3 Å². The minimum Gasteiger partial charge on any atom is -0.454 e. The van der Waals surface area contributed by atoms with E-state index >= 15 is 0 Å². The van der Waals surface area contributed by atoms with Gasteiger partial charge in [-0.1, -0.05) is 12.1 Å². The number of carbonyl (C=O) groups excluding carboxylic acids is 2. The lowest BCUT2D eigenvalue weighted by molar-refractivity contribution is -0.116. The molecule has 2 aromatic carbocycles. The summed E-state index contributed by atoms with van der Waals surface area (Å²) in [5.41, 5.74) is 1.80. The van der Waals surface area contributed by atoms with Crippen molar-refractivity contribution in [3.05, 3.63) is 53.4 Å². The summed E-state index contributed by atoms with van der Waals surface area (Å²) < 4.78 is 37.8. The van der Waals surface area contributed by atoms with Crippen LogP contribution in [-0.2, 0) is 14.8 Å². The Morgan fingerprint density at radius 1 is 1.12 bits per heavy atom. The third kappa shape index (κ3) is 4.96. The van der Waals surface area contributed by atoms with Crippen molar-refractivity contribution < 1.29 is 27.5 Å². The maximum atomic E-state index is 12.4. The first-order valence-corrected chi connectivity index (χ1v) is 11.9. The van der Waals surface area contributed by atoms with Gasteiger partial charge in [0, 0.05) is 29.5 Å². The molecule has 1 amide bonds. The molecule has 3 aromatic rings. The molecule has 1 aromatic heterocycles. The summed E-state index contributed by atoms with van der Waals surface area (Å²) in [6.07, 6.45) is -0.0788. The van der Waals surface area contributed by atoms with Crippen molar-refractivity contribution in [3.63, 3.8) is 0 Å². The maximum Gasteiger partial charge on any atom is 0.240 e. The van der Waals surface area contributed by atoms with Crippen molar-refractivity contribution in [2.24, 2.45) is 0 Å². The Kier molecular flexibility index (Phi) is 6.21. The Hall–Kier alpha value is -3.28. The van der Waals surface area contributed by atoms with E-state index in [0.717, 1.165) is 5.56 Å². The van der Waals surface area contributed by atoms with Gasteiger partial charge in [0.05, 0.1) is 10.6 Å². The highest BCUT2D eigenvalue weighted by atomic mass is 32.2. The van der Waals surface area contributed by atoms with Gasteiger partial charge in [0.15, 0.2) is 22.4 Å². The number of ether oxygens (including phenoxy) is 2. The van der Waals surface area contributed by atoms with Crippen molar-refractivity contribution >= 4 is 38.2 Å². The fourth-order valence-electron chi connectivity index (χ4n) is 2.97. The second-order valence-electron chi connectivity index (χ2n) is 6.89. The van der Waals surface area contributed by atoms with Gasteiger partial charge >= 0.3 is 0 Å². The summed E-state index contributed by atoms with van der Waals surface area (Å²) in [6.45, 7) is 1.45. The quantitative estimate of drug-likeness (QED) is 0.482. The average molecular weight is 474 g/mol. The number of anilines is 1. The number of hydrogen-bond donors (Lipinski definition) is 2. The number of fused-ring (bicyclic) bond motifs is 1. The molecule has 166 valence electrons. The largest absolute Gasteiger partial charge is 0.454 e. The topological polar surface area (TPSA) is 124 Å². The van der Waals surface area contributed by atoms with Gasteiger partial charge < -0.3 is 14.8 Å². The second kappa shape index (κ2) is 9.07. The zero-order valence-electron chi connectivity index (χ0n) is 17.0. The summed E-state index contributed by atoms with van der Waals surface area (Å²) in [4.78, 5) is 28.0. The standard InChI is InChI=1S/C21H19N3O6S2/c1-13(25)14-3-2-4-16(9-14)32(27,28)22-8-7-20(26)24-21-23-17(11-31-21)15-5-6-18-19(10-15)30-12-29-18/h2-6,9-11,22H,7-8,12H2,1H3,(H,23,24,26). The summed E-state index contributed by atoms with van der Waals surface area (Å²) in [5, 5.41) is 4.87. The number of sulfonamides is 1. The van der Waals surface area contributed by atoms with Crippen LogP contribution in [0.2, 0.25) is 0 Å². The smallest absolute Gasteiger partial charge is 0.240 e. The number of amides is 1. The first kappa shape index (κ1) is 21.9. The summed E-state index contributed by atoms with van der Waals surface area (Å²) >= 11 is 1.26. The lowest BCUT2D eigenvalue weighted by Crippen LogP contribution is -2.28. The number of benzene rings is 2. The molecule has 0 atom stereocenters. The van der Waals surface area contributed by atoms with Crippen LogP contribution in [0, 0.1) is 0 Å². The molecule has 2 heterocycles. The number of nitrogens with zero attached hydrogens (tertiary/aromatic N) is 1. The summed E-state index contributed by atoms with van der Waals surface area (Å²) in [5.74, 6) is 0.706. The van der Waals surface area contributed by atoms with E-state index in [-0.39, 0.29) is 36.3 Å². The van der Waals surface area contributed by atoms with Gasteiger partial charge in [-0.3, -0.25) is 9.59 Å². The third-order valence-electron chi connectivity index (χ3n) is 4.61. The van der Waals surface area contributed by atoms with E-state index in [9.17, 15) is 18.0 Å². The number of ketones is 1. The molecule has 0 saturated carbocycles. The molecule has 0 fully saturated rings. The van der Waals surface area contributed by atoms with Crippen molar-refractivity contribution in [2.75, 3.05) is 18.7 Å². The van der Waals surface area contributed by atoms with Crippen LogP contribution in [0.3, 0.4) is 0 Å². The fourth-order valence-corrected chi connectivity index (χ4v) is 4.78. The molecule has 11 heteroatoms. The zero-order valence-corrected chi connectivity index (χ0v) is 18.6. The molecule has 2 N–H and O–H groups in total. The maximum absolute atomic E-state index is 12.4. The van der Waals surface area contributed by atoms with E-state index in [1.165, 1.54) is 36.5 Å². The Morgan fingerprint density at radius 2 is 1.94 bits per heavy atom. The van der Waals surface area contributed by atoms with Gasteiger partial charge in [0.1, 0.15) is 0 Å². The van der Waals surface area contributed by atoms with Crippen LogP contribution in [0.1, 0.15) is 23.7 Å². The van der Waals surface area contributed by atoms with Gasteiger partial charge in [-0.2, -0.15) is 0 Å². The molecule has 0 aliphatic carbocycles. The number of thiazole rings is 1. The molecular weight excluding hydrogens is 454 g/mol. The lowest BCUT2D eigenvalue weighted by atomic mass is 10.1. The Labute approximate surface area is 188 Å². The van der Waals surface area contributed by atoms with Crippen LogP contribution in [0.15, 0.2) is 52.7 Å². The van der Waals surface area contributed by atoms with Crippen molar-refractivity contribution in [1.29, 1.82) is 0 Å². The molecule has 0 spiro atoms. The molecule has 9 nitrogen and oxygen atoms in total. The monoisotopic (exact) mass is 473 g/mol. The molecule has 0 unspecified atom stereocenters. The van der Waals surface area contributed by atoms with Gasteiger partial charge in [-0.15, -0.1) is 11.3 Å². The van der Waals surface area contributed by atoms with E-state index in [2.05, 4.69) is 15.0 Å². The minimum absolute atomic E-state index is 0.0288. The van der Waals surface area contributed by atoms with Gasteiger partial charge in [0.2, 0.25) is 22.7 Å². The normalized spacial score (nSPS) is 12.5. The minimum atomic E-state index is -3.84. The van der Waals surface area contributed by atoms with Gasteiger partial charge in [-0.05, 0) is 37.3 Å². The molecule has 1 aliphatic rings. The fraction of sp³-hybridized carbons (Fsp3) is 0.190. The molecule has 4 rings (SSSR count). The Morgan fingerprint density at radius 3 is 2.75 bits per heavy atom. The lowest BCUT2D eigenvalue weighted by Gasteiger charge is -2.07. The number of rotatable bonds is 8. The molecule has 0 bridgehead atoms. The van der Waals surface area contributed by atoms with Crippen LogP contribution in [-0.4, -0.2) is 38.4 Å². The van der Waals surface area contributed by atoms with Crippen LogP contribution in [0.4, 0.5) is 5.13 Å². The Bertz CT molecular complexity index is 1290. The van der Waals surface area contributed by atoms with E-state index in [0.29, 0.717) is 27.9 Å². The highest BCUT2D eigenvalue weighted by molar-refractivity contribution is 7.89. The number of aromatic nitrogens is 1. The zero-order chi connectivity index (χ0) is 22.7. The molecule has 32 heavy (non-hydrogen) atoms. The highest BCUT2D eigenvalue weighted by Crippen LogP contribution is 2.36. The van der Waals surface area contributed by atoms with Crippen molar-refractivity contribution in [3.8, 4) is 22.8 Å². The first-order valence-electron chi connectivity index (χ1n) is 9.58. The molecular formula is C21H19N3O6S2. The van der Waals surface area contributed by atoms with E-state index in [1.807, 2.05) is 12.1 Å². The van der Waals surface area contributed by atoms with Crippen molar-refractivity contribution in [2.45, 2.75) is 18.2 Å². The van der Waals surface area contributed by atoms with Crippen molar-refractivity contribution in [1.82, 2.24) is 9.71 Å². The average Bonchev–Trinajstić information content (AvgIpc) is 3.42. The second-order valence-corrected chi connectivity index (χ2v) is 9.51. The Balaban J connectivity index is 1.32. The van der Waals surface area contributed by atoms with Gasteiger partial charge in [-0.25, -0.2) is 18.1 Å². The number of nitrogens with one attached hydrogen (secondary N) is 2. The van der Waals surface area contributed by atoms with Crippen LogP contribution in [0.25, 0.3) is 11.3 Å². The molecule has 0 radical (unpaired) electrons. The molecule has 0 saturated heterocycles. The van der Waals surface area contributed by atoms with E-state index in [1.54, 1.807) is 17.5 Å². The van der Waals surface area contributed by atoms with E-state index < -0.39 is 10.0 Å². The number of Topliss-reactive ketones (excluding diaryl/α,β-unsaturated/α-hetero) is 1. The van der Waals surface area contributed by atoms with Crippen LogP contribution in [0.5, 0.6) is 11.5 Å². The molecule has 1 aliphatic heterocycles. The summed E-state index contributed by atoms with van der Waals surface area (Å²) in [7, 11) is -3.84. The summed E-state index contributed by atoms with van der Waals surface area (Å²) in [6, 6.07) is 11.2. The van der Waals surface area contributed by atoms with E-state index in [4.69, 9.17) is 9.47 Å². The first-order chi connectivity index (χ1) is 15.3. The predicted molar refractivity (Wildman–Crippen MR) is 119 cm³/mol. The van der Waals surface area contributed by atoms with Crippen LogP contribution < -0.4 is 19.5 Å². The highest BCUT2D eigenvalue weighted by Gasteiger charge is 2.17. The number of hydrogen-bond acceptors (Lipinski definition) is 8.